The Morgan fingerprint density at radius 1 is 1.18 bits per heavy atom. The number of ether oxygens (including phenoxy) is 1. The molecule has 0 unspecified atom stereocenters. The first-order chi connectivity index (χ1) is 13.4. The van der Waals surface area contributed by atoms with Gasteiger partial charge in [0.25, 0.3) is 5.91 Å². The molecule has 0 bridgehead atoms. The fourth-order valence-electron chi connectivity index (χ4n) is 3.47. The maximum Gasteiger partial charge on any atom is 0.264 e. The van der Waals surface area contributed by atoms with E-state index in [1.165, 1.54) is 0 Å². The molecule has 1 aliphatic rings. The first-order valence-electron chi connectivity index (χ1n) is 9.51. The summed E-state index contributed by atoms with van der Waals surface area (Å²) in [6, 6.07) is 12.1. The first-order valence-corrected chi connectivity index (χ1v) is 10.3. The first kappa shape index (κ1) is 20.6. The van der Waals surface area contributed by atoms with E-state index in [1.807, 2.05) is 26.0 Å². The van der Waals surface area contributed by atoms with Crippen molar-refractivity contribution >= 4 is 33.3 Å². The standard InChI is InChI=1S/C22H24BrNO4/c1-3-5-12-24-19-11-8-16(23)13-18(19)22(27,21(24)26)14-20(25)15-6-9-17(10-7-15)28-4-2/h6-11,13,27H,3-5,12,14H2,1-2H3/t22-/m1/s1. The Morgan fingerprint density at radius 3 is 2.54 bits per heavy atom. The third-order valence-corrected chi connectivity index (χ3v) is 5.43. The SMILES string of the molecule is CCCCN1C(=O)[C@@](O)(CC(=O)c2ccc(OCC)cc2)c2cc(Br)ccc21. The summed E-state index contributed by atoms with van der Waals surface area (Å²) in [5.41, 5.74) is -0.276. The van der Waals surface area contributed by atoms with Gasteiger partial charge in [0.15, 0.2) is 11.4 Å². The average molecular weight is 446 g/mol. The number of amides is 1. The minimum Gasteiger partial charge on any atom is -0.494 e. The summed E-state index contributed by atoms with van der Waals surface area (Å²) in [4.78, 5) is 27.5. The number of halogens is 1. The van der Waals surface area contributed by atoms with Gasteiger partial charge in [-0.15, -0.1) is 0 Å². The number of hydrogen-bond acceptors (Lipinski definition) is 4. The summed E-state index contributed by atoms with van der Waals surface area (Å²) in [5, 5.41) is 11.3. The van der Waals surface area contributed by atoms with E-state index < -0.39 is 11.5 Å². The smallest absolute Gasteiger partial charge is 0.264 e. The molecule has 0 saturated carbocycles. The summed E-state index contributed by atoms with van der Waals surface area (Å²) in [5.74, 6) is -0.0507. The Hall–Kier alpha value is -2.18. The normalized spacial score (nSPS) is 18.3. The van der Waals surface area contributed by atoms with Gasteiger partial charge in [0.1, 0.15) is 5.75 Å². The number of anilines is 1. The summed E-state index contributed by atoms with van der Waals surface area (Å²) in [6.45, 7) is 5.00. The minimum absolute atomic E-state index is 0.290. The van der Waals surface area contributed by atoms with Crippen LogP contribution in [0.3, 0.4) is 0 Å². The second-order valence-corrected chi connectivity index (χ2v) is 7.81. The molecular weight excluding hydrogens is 422 g/mol. The molecule has 1 atom stereocenters. The van der Waals surface area contributed by atoms with Gasteiger partial charge in [-0.05, 0) is 55.8 Å². The summed E-state index contributed by atoms with van der Waals surface area (Å²) in [7, 11) is 0. The van der Waals surface area contributed by atoms with Crippen LogP contribution < -0.4 is 9.64 Å². The molecular formula is C22H24BrNO4. The van der Waals surface area contributed by atoms with Crippen molar-refractivity contribution in [3.63, 3.8) is 0 Å². The summed E-state index contributed by atoms with van der Waals surface area (Å²) >= 11 is 3.40. The zero-order valence-corrected chi connectivity index (χ0v) is 17.7. The van der Waals surface area contributed by atoms with Crippen LogP contribution in [0.2, 0.25) is 0 Å². The van der Waals surface area contributed by atoms with Crippen LogP contribution in [0.1, 0.15) is 49.0 Å². The molecule has 6 heteroatoms. The van der Waals surface area contributed by atoms with Crippen LogP contribution in [-0.2, 0) is 10.4 Å². The Morgan fingerprint density at radius 2 is 1.89 bits per heavy atom. The number of rotatable bonds is 8. The van der Waals surface area contributed by atoms with Gasteiger partial charge in [0, 0.05) is 22.1 Å². The molecule has 1 heterocycles. The van der Waals surface area contributed by atoms with Gasteiger partial charge < -0.3 is 14.7 Å². The molecule has 0 spiro atoms. The zero-order chi connectivity index (χ0) is 20.3. The molecule has 0 aliphatic carbocycles. The number of hydrogen-bond donors (Lipinski definition) is 1. The zero-order valence-electron chi connectivity index (χ0n) is 16.1. The summed E-state index contributed by atoms with van der Waals surface area (Å²) < 4.78 is 6.15. The average Bonchev–Trinajstić information content (AvgIpc) is 2.88. The lowest BCUT2D eigenvalue weighted by atomic mass is 9.88. The van der Waals surface area contributed by atoms with E-state index in [0.717, 1.165) is 17.3 Å². The second kappa shape index (κ2) is 8.45. The number of fused-ring (bicyclic) bond motifs is 1. The predicted molar refractivity (Wildman–Crippen MR) is 112 cm³/mol. The van der Waals surface area contributed by atoms with Crippen LogP contribution in [0.15, 0.2) is 46.9 Å². The highest BCUT2D eigenvalue weighted by atomic mass is 79.9. The van der Waals surface area contributed by atoms with Crippen molar-refractivity contribution < 1.29 is 19.4 Å². The van der Waals surface area contributed by atoms with Crippen molar-refractivity contribution in [3.05, 3.63) is 58.1 Å². The van der Waals surface area contributed by atoms with E-state index in [1.54, 1.807) is 35.2 Å². The molecule has 0 fully saturated rings. The highest BCUT2D eigenvalue weighted by Gasteiger charge is 2.50. The molecule has 2 aromatic rings. The largest absolute Gasteiger partial charge is 0.494 e. The Labute approximate surface area is 173 Å². The number of unbranched alkanes of at least 4 members (excludes halogenated alkanes) is 1. The van der Waals surface area contributed by atoms with E-state index in [9.17, 15) is 14.7 Å². The van der Waals surface area contributed by atoms with Crippen LogP contribution in [0, 0.1) is 0 Å². The molecule has 0 radical (unpaired) electrons. The van der Waals surface area contributed by atoms with Crippen LogP contribution in [0.5, 0.6) is 5.75 Å². The maximum atomic E-state index is 13.1. The van der Waals surface area contributed by atoms with Gasteiger partial charge in [0.2, 0.25) is 0 Å². The van der Waals surface area contributed by atoms with Gasteiger partial charge in [-0.1, -0.05) is 29.3 Å². The predicted octanol–water partition coefficient (Wildman–Crippen LogP) is 4.46. The molecule has 148 valence electrons. The Kier molecular flexibility index (Phi) is 6.20. The summed E-state index contributed by atoms with van der Waals surface area (Å²) in [6.07, 6.45) is 1.45. The second-order valence-electron chi connectivity index (χ2n) is 6.89. The topological polar surface area (TPSA) is 66.8 Å². The quantitative estimate of drug-likeness (QED) is 0.609. The van der Waals surface area contributed by atoms with E-state index in [2.05, 4.69) is 15.9 Å². The molecule has 1 aliphatic heterocycles. The highest BCUT2D eigenvalue weighted by molar-refractivity contribution is 9.10. The lowest BCUT2D eigenvalue weighted by molar-refractivity contribution is -0.135. The third kappa shape index (κ3) is 3.84. The Bertz CT molecular complexity index is 881. The lowest BCUT2D eigenvalue weighted by Gasteiger charge is -2.22. The van der Waals surface area contributed by atoms with Crippen LogP contribution in [0.25, 0.3) is 0 Å². The van der Waals surface area contributed by atoms with Gasteiger partial charge >= 0.3 is 0 Å². The number of ketones is 1. The van der Waals surface area contributed by atoms with E-state index in [0.29, 0.717) is 35.7 Å². The van der Waals surface area contributed by atoms with E-state index in [4.69, 9.17) is 4.74 Å². The van der Waals surface area contributed by atoms with Gasteiger partial charge in [-0.25, -0.2) is 0 Å². The fourth-order valence-corrected chi connectivity index (χ4v) is 3.83. The molecule has 5 nitrogen and oxygen atoms in total. The van der Waals surface area contributed by atoms with Crippen LogP contribution >= 0.6 is 15.9 Å². The van der Waals surface area contributed by atoms with Crippen molar-refractivity contribution in [2.24, 2.45) is 0 Å². The van der Waals surface area contributed by atoms with Crippen molar-refractivity contribution in [2.75, 3.05) is 18.1 Å². The molecule has 2 aromatic carbocycles. The van der Waals surface area contributed by atoms with Gasteiger partial charge in [0.05, 0.1) is 18.7 Å². The van der Waals surface area contributed by atoms with Crippen LogP contribution in [0.4, 0.5) is 5.69 Å². The van der Waals surface area contributed by atoms with Crippen LogP contribution in [-0.4, -0.2) is 29.9 Å². The van der Waals surface area contributed by atoms with Crippen molar-refractivity contribution in [1.82, 2.24) is 0 Å². The van der Waals surface area contributed by atoms with E-state index >= 15 is 0 Å². The number of aliphatic hydroxyl groups is 1. The number of carbonyl (C=O) groups is 2. The maximum absolute atomic E-state index is 13.1. The minimum atomic E-state index is -1.86. The highest BCUT2D eigenvalue weighted by Crippen LogP contribution is 2.44. The van der Waals surface area contributed by atoms with Gasteiger partial charge in [-0.2, -0.15) is 0 Å². The molecule has 0 saturated heterocycles. The molecule has 3 rings (SSSR count). The van der Waals surface area contributed by atoms with Gasteiger partial charge in [-0.3, -0.25) is 9.59 Å². The Balaban J connectivity index is 1.90. The number of nitrogens with zero attached hydrogens (tertiary/aromatic N) is 1. The lowest BCUT2D eigenvalue weighted by Crippen LogP contribution is -2.42. The molecule has 1 N–H and O–H groups in total. The van der Waals surface area contributed by atoms with Crippen molar-refractivity contribution in [1.29, 1.82) is 0 Å². The monoisotopic (exact) mass is 445 g/mol. The van der Waals surface area contributed by atoms with Crippen molar-refractivity contribution in [3.8, 4) is 5.75 Å². The number of benzene rings is 2. The van der Waals surface area contributed by atoms with E-state index in [-0.39, 0.29) is 12.2 Å². The van der Waals surface area contributed by atoms with Crippen molar-refractivity contribution in [2.45, 2.75) is 38.7 Å². The molecule has 1 amide bonds. The number of Topliss-reactive ketones (excluding diaryl/α,β-unsaturated/α-hetero) is 1. The molecule has 0 aromatic heterocycles. The molecule has 28 heavy (non-hydrogen) atoms. The third-order valence-electron chi connectivity index (χ3n) is 4.93. The number of carbonyl (C=O) groups excluding carboxylic acids is 2. The fraction of sp³-hybridized carbons (Fsp3) is 0.364.